The van der Waals surface area contributed by atoms with Crippen LogP contribution in [0.4, 0.5) is 15.8 Å². The number of hydrogen-bond donors (Lipinski definition) is 1. The molecule has 0 radical (unpaired) electrons. The Morgan fingerprint density at radius 3 is 2.76 bits per heavy atom. The van der Waals surface area contributed by atoms with Crippen molar-refractivity contribution >= 4 is 23.0 Å². The lowest BCUT2D eigenvalue weighted by Gasteiger charge is -2.10. The van der Waals surface area contributed by atoms with Crippen molar-refractivity contribution in [2.45, 2.75) is 6.92 Å². The average molecular weight is 311 g/mol. The van der Waals surface area contributed by atoms with Crippen LogP contribution in [0, 0.1) is 15.9 Å². The number of halogens is 2. The molecule has 0 aliphatic carbocycles. The third-order valence-corrected chi connectivity index (χ3v) is 2.97. The molecule has 0 atom stereocenters. The summed E-state index contributed by atoms with van der Waals surface area (Å²) in [4.78, 5) is 10.7. The molecule has 2 aromatic carbocycles. The van der Waals surface area contributed by atoms with Gasteiger partial charge in [0.05, 0.1) is 9.95 Å². The van der Waals surface area contributed by atoms with Crippen molar-refractivity contribution in [2.75, 3.05) is 11.9 Å². The molecule has 0 heterocycles. The summed E-state index contributed by atoms with van der Waals surface area (Å²) in [6, 6.07) is 8.49. The van der Waals surface area contributed by atoms with E-state index in [0.29, 0.717) is 12.2 Å². The summed E-state index contributed by atoms with van der Waals surface area (Å²) >= 11 is 5.58. The molecule has 5 nitrogen and oxygen atoms in total. The lowest BCUT2D eigenvalue weighted by atomic mass is 10.2. The molecule has 0 saturated heterocycles. The third kappa shape index (κ3) is 3.41. The second-order valence-corrected chi connectivity index (χ2v) is 4.52. The lowest BCUT2D eigenvalue weighted by Crippen LogP contribution is -2.02. The van der Waals surface area contributed by atoms with E-state index in [1.165, 1.54) is 18.2 Å². The Morgan fingerprint density at radius 1 is 1.38 bits per heavy atom. The smallest absolute Gasteiger partial charge is 0.334 e. The second kappa shape index (κ2) is 6.41. The number of nitrogens with zero attached hydrogens (tertiary/aromatic N) is 1. The number of nitro groups is 1. The van der Waals surface area contributed by atoms with Crippen LogP contribution in [0.25, 0.3) is 0 Å². The van der Waals surface area contributed by atoms with Crippen LogP contribution in [-0.4, -0.2) is 11.5 Å². The molecular formula is C14H12ClFN2O3. The summed E-state index contributed by atoms with van der Waals surface area (Å²) in [5.74, 6) is -0.492. The number of rotatable bonds is 5. The van der Waals surface area contributed by atoms with E-state index < -0.39 is 10.7 Å². The van der Waals surface area contributed by atoms with E-state index in [1.807, 2.05) is 6.92 Å². The van der Waals surface area contributed by atoms with Crippen LogP contribution in [0.15, 0.2) is 36.4 Å². The van der Waals surface area contributed by atoms with Crippen LogP contribution in [0.5, 0.6) is 11.5 Å². The zero-order valence-electron chi connectivity index (χ0n) is 11.1. The molecule has 0 amide bonds. The van der Waals surface area contributed by atoms with Crippen LogP contribution >= 0.6 is 11.6 Å². The Balaban J connectivity index is 2.41. The topological polar surface area (TPSA) is 64.4 Å². The van der Waals surface area contributed by atoms with Gasteiger partial charge < -0.3 is 10.1 Å². The molecule has 0 aliphatic rings. The monoisotopic (exact) mass is 310 g/mol. The van der Waals surface area contributed by atoms with Gasteiger partial charge in [-0.3, -0.25) is 10.1 Å². The van der Waals surface area contributed by atoms with E-state index in [4.69, 9.17) is 16.3 Å². The average Bonchev–Trinajstić information content (AvgIpc) is 2.43. The predicted octanol–water partition coefficient (Wildman–Crippen LogP) is 4.61. The largest absolute Gasteiger partial charge is 0.450 e. The standard InChI is InChI=1S/C14H12ClFN2O3/c1-2-17-12-4-3-5-13(14(12)18(19)20)21-9-6-7-10(15)11(16)8-9/h3-8,17H,2H2,1H3. The molecular weight excluding hydrogens is 299 g/mol. The van der Waals surface area contributed by atoms with Crippen LogP contribution in [0.2, 0.25) is 5.02 Å². The molecule has 2 rings (SSSR count). The second-order valence-electron chi connectivity index (χ2n) is 4.12. The van der Waals surface area contributed by atoms with Gasteiger partial charge in [-0.15, -0.1) is 0 Å². The summed E-state index contributed by atoms with van der Waals surface area (Å²) < 4.78 is 18.8. The van der Waals surface area contributed by atoms with Gasteiger partial charge in [0.2, 0.25) is 5.75 Å². The van der Waals surface area contributed by atoms with Gasteiger partial charge in [-0.2, -0.15) is 0 Å². The van der Waals surface area contributed by atoms with Gasteiger partial charge >= 0.3 is 5.69 Å². The summed E-state index contributed by atoms with van der Waals surface area (Å²) in [6.45, 7) is 2.35. The molecule has 0 aromatic heterocycles. The minimum absolute atomic E-state index is 0.0279. The minimum Gasteiger partial charge on any atom is -0.450 e. The van der Waals surface area contributed by atoms with E-state index >= 15 is 0 Å². The van der Waals surface area contributed by atoms with Crippen LogP contribution < -0.4 is 10.1 Å². The van der Waals surface area contributed by atoms with Crippen molar-refractivity contribution in [2.24, 2.45) is 0 Å². The fourth-order valence-corrected chi connectivity index (χ4v) is 1.91. The summed E-state index contributed by atoms with van der Waals surface area (Å²) in [7, 11) is 0. The first-order valence-electron chi connectivity index (χ1n) is 6.17. The van der Waals surface area contributed by atoms with Crippen molar-refractivity contribution < 1.29 is 14.1 Å². The summed E-state index contributed by atoms with van der Waals surface area (Å²) in [6.07, 6.45) is 0. The van der Waals surface area contributed by atoms with Gasteiger partial charge in [0.25, 0.3) is 0 Å². The van der Waals surface area contributed by atoms with Crippen molar-refractivity contribution in [1.29, 1.82) is 0 Å². The molecule has 0 aliphatic heterocycles. The third-order valence-electron chi connectivity index (χ3n) is 2.67. The molecule has 0 spiro atoms. The maximum absolute atomic E-state index is 13.4. The normalized spacial score (nSPS) is 10.2. The molecule has 2 aromatic rings. The molecule has 21 heavy (non-hydrogen) atoms. The molecule has 1 N–H and O–H groups in total. The van der Waals surface area contributed by atoms with Gasteiger partial charge in [-0.1, -0.05) is 17.7 Å². The minimum atomic E-state index is -0.653. The summed E-state index contributed by atoms with van der Waals surface area (Å²) in [5.41, 5.74) is 0.143. The fraction of sp³-hybridized carbons (Fsp3) is 0.143. The summed E-state index contributed by atoms with van der Waals surface area (Å²) in [5, 5.41) is 14.1. The number of nitro benzene ring substituents is 1. The van der Waals surface area contributed by atoms with E-state index in [0.717, 1.165) is 6.07 Å². The zero-order chi connectivity index (χ0) is 15.4. The van der Waals surface area contributed by atoms with Gasteiger partial charge in [-0.05, 0) is 31.2 Å². The number of para-hydroxylation sites is 1. The maximum atomic E-state index is 13.4. The van der Waals surface area contributed by atoms with Crippen molar-refractivity contribution in [3.8, 4) is 11.5 Å². The zero-order valence-corrected chi connectivity index (χ0v) is 11.9. The molecule has 7 heteroatoms. The van der Waals surface area contributed by atoms with Crippen LogP contribution in [0.1, 0.15) is 6.92 Å². The SMILES string of the molecule is CCNc1cccc(Oc2ccc(Cl)c(F)c2)c1[N+](=O)[O-]. The highest BCUT2D eigenvalue weighted by molar-refractivity contribution is 6.30. The first kappa shape index (κ1) is 15.1. The van der Waals surface area contributed by atoms with Gasteiger partial charge in [0, 0.05) is 12.6 Å². The van der Waals surface area contributed by atoms with E-state index in [9.17, 15) is 14.5 Å². The lowest BCUT2D eigenvalue weighted by molar-refractivity contribution is -0.384. The Labute approximate surface area is 125 Å². The molecule has 0 unspecified atom stereocenters. The van der Waals surface area contributed by atoms with Gasteiger partial charge in [0.1, 0.15) is 17.3 Å². The Bertz CT molecular complexity index is 679. The number of anilines is 1. The molecule has 0 saturated carbocycles. The number of hydrogen-bond acceptors (Lipinski definition) is 4. The maximum Gasteiger partial charge on any atom is 0.334 e. The number of nitrogens with one attached hydrogen (secondary N) is 1. The van der Waals surface area contributed by atoms with Crippen molar-refractivity contribution in [3.63, 3.8) is 0 Å². The number of ether oxygens (including phenoxy) is 1. The Morgan fingerprint density at radius 2 is 2.14 bits per heavy atom. The Kier molecular flexibility index (Phi) is 4.59. The van der Waals surface area contributed by atoms with E-state index in [1.54, 1.807) is 12.1 Å². The first-order chi connectivity index (χ1) is 10.0. The molecule has 0 bridgehead atoms. The molecule has 0 fully saturated rings. The van der Waals surface area contributed by atoms with Gasteiger partial charge in [-0.25, -0.2) is 4.39 Å². The quantitative estimate of drug-likeness (QED) is 0.647. The fourth-order valence-electron chi connectivity index (χ4n) is 1.79. The number of benzene rings is 2. The van der Waals surface area contributed by atoms with E-state index in [2.05, 4.69) is 5.32 Å². The Hall–Kier alpha value is -2.34. The highest BCUT2D eigenvalue weighted by atomic mass is 35.5. The van der Waals surface area contributed by atoms with Crippen LogP contribution in [-0.2, 0) is 0 Å². The van der Waals surface area contributed by atoms with Crippen molar-refractivity contribution in [1.82, 2.24) is 0 Å². The first-order valence-corrected chi connectivity index (χ1v) is 6.55. The van der Waals surface area contributed by atoms with Crippen LogP contribution in [0.3, 0.4) is 0 Å². The molecule has 110 valence electrons. The highest BCUT2D eigenvalue weighted by Gasteiger charge is 2.21. The highest BCUT2D eigenvalue weighted by Crippen LogP contribution is 2.37. The van der Waals surface area contributed by atoms with Gasteiger partial charge in [0.15, 0.2) is 0 Å². The van der Waals surface area contributed by atoms with E-state index in [-0.39, 0.29) is 22.2 Å². The predicted molar refractivity (Wildman–Crippen MR) is 78.7 cm³/mol. The van der Waals surface area contributed by atoms with Crippen molar-refractivity contribution in [3.05, 3.63) is 57.4 Å².